The van der Waals surface area contributed by atoms with Gasteiger partial charge in [-0.05, 0) is 56.9 Å². The van der Waals surface area contributed by atoms with Crippen LogP contribution >= 0.6 is 0 Å². The minimum atomic E-state index is 0.746. The summed E-state index contributed by atoms with van der Waals surface area (Å²) in [4.78, 5) is 2.76. The van der Waals surface area contributed by atoms with Gasteiger partial charge in [0.1, 0.15) is 0 Å². The zero-order chi connectivity index (χ0) is 11.7. The topological polar surface area (TPSA) is 15.3 Å². The maximum atomic E-state index is 3.82. The van der Waals surface area contributed by atoms with Crippen molar-refractivity contribution in [2.45, 2.75) is 70.4 Å². The Morgan fingerprint density at radius 2 is 2.00 bits per heavy atom. The van der Waals surface area contributed by atoms with E-state index in [2.05, 4.69) is 17.1 Å². The van der Waals surface area contributed by atoms with Gasteiger partial charge in [0.2, 0.25) is 0 Å². The number of nitrogens with zero attached hydrogens (tertiary/aromatic N) is 1. The smallest absolute Gasteiger partial charge is 0.0198 e. The van der Waals surface area contributed by atoms with Gasteiger partial charge in [-0.25, -0.2) is 0 Å². The van der Waals surface area contributed by atoms with Gasteiger partial charge < -0.3 is 10.2 Å². The van der Waals surface area contributed by atoms with E-state index in [-0.39, 0.29) is 0 Å². The fourth-order valence-electron chi connectivity index (χ4n) is 3.59. The van der Waals surface area contributed by atoms with E-state index in [1.54, 1.807) is 0 Å². The SMILES string of the molecule is CCCC1(CN2CCCC(NC3CC3)C2)CC1. The molecule has 2 aliphatic carbocycles. The zero-order valence-electron chi connectivity index (χ0n) is 11.4. The maximum Gasteiger partial charge on any atom is 0.0198 e. The summed E-state index contributed by atoms with van der Waals surface area (Å²) in [5.74, 6) is 0. The molecule has 2 saturated carbocycles. The van der Waals surface area contributed by atoms with Crippen LogP contribution < -0.4 is 5.32 Å². The summed E-state index contributed by atoms with van der Waals surface area (Å²) >= 11 is 0. The Balaban J connectivity index is 1.46. The molecule has 98 valence electrons. The molecule has 17 heavy (non-hydrogen) atoms. The van der Waals surface area contributed by atoms with Crippen molar-refractivity contribution in [2.24, 2.45) is 5.41 Å². The summed E-state index contributed by atoms with van der Waals surface area (Å²) < 4.78 is 0. The van der Waals surface area contributed by atoms with Crippen molar-refractivity contribution in [3.8, 4) is 0 Å². The van der Waals surface area contributed by atoms with Crippen LogP contribution in [0.5, 0.6) is 0 Å². The highest BCUT2D eigenvalue weighted by Crippen LogP contribution is 2.50. The van der Waals surface area contributed by atoms with E-state index in [4.69, 9.17) is 0 Å². The van der Waals surface area contributed by atoms with E-state index in [9.17, 15) is 0 Å². The Morgan fingerprint density at radius 3 is 2.65 bits per heavy atom. The number of nitrogens with one attached hydrogen (secondary N) is 1. The van der Waals surface area contributed by atoms with E-state index >= 15 is 0 Å². The first-order valence-electron chi connectivity index (χ1n) is 7.78. The third-order valence-corrected chi connectivity index (χ3v) is 4.85. The van der Waals surface area contributed by atoms with Gasteiger partial charge in [0.15, 0.2) is 0 Å². The number of hydrogen-bond acceptors (Lipinski definition) is 2. The lowest BCUT2D eigenvalue weighted by Gasteiger charge is -2.35. The Morgan fingerprint density at radius 1 is 1.18 bits per heavy atom. The van der Waals surface area contributed by atoms with Gasteiger partial charge in [0, 0.05) is 25.2 Å². The quantitative estimate of drug-likeness (QED) is 0.763. The maximum absolute atomic E-state index is 3.82. The molecule has 1 unspecified atom stereocenters. The van der Waals surface area contributed by atoms with Gasteiger partial charge in [-0.15, -0.1) is 0 Å². The van der Waals surface area contributed by atoms with Crippen LogP contribution in [0, 0.1) is 5.41 Å². The first-order chi connectivity index (χ1) is 8.30. The monoisotopic (exact) mass is 236 g/mol. The van der Waals surface area contributed by atoms with Crippen LogP contribution in [0.15, 0.2) is 0 Å². The molecule has 2 heteroatoms. The Kier molecular flexibility index (Phi) is 3.45. The van der Waals surface area contributed by atoms with Gasteiger partial charge in [0.25, 0.3) is 0 Å². The Labute approximate surface area is 106 Å². The summed E-state index contributed by atoms with van der Waals surface area (Å²) in [5, 5.41) is 3.82. The lowest BCUT2D eigenvalue weighted by Crippen LogP contribution is -2.48. The molecular weight excluding hydrogens is 208 g/mol. The first kappa shape index (κ1) is 12.0. The standard InChI is InChI=1S/C15H28N2/c1-2-7-15(8-9-15)12-17-10-3-4-14(11-17)16-13-5-6-13/h13-14,16H,2-12H2,1H3. The molecule has 3 aliphatic rings. The fraction of sp³-hybridized carbons (Fsp3) is 1.00. The van der Waals surface area contributed by atoms with Crippen molar-refractivity contribution in [1.29, 1.82) is 0 Å². The molecule has 1 heterocycles. The Hall–Kier alpha value is -0.0800. The van der Waals surface area contributed by atoms with Crippen molar-refractivity contribution in [3.05, 3.63) is 0 Å². The van der Waals surface area contributed by atoms with E-state index in [0.717, 1.165) is 17.5 Å². The third kappa shape index (κ3) is 3.23. The summed E-state index contributed by atoms with van der Waals surface area (Å²) in [6.07, 6.45) is 11.5. The van der Waals surface area contributed by atoms with Crippen LogP contribution in [0.25, 0.3) is 0 Å². The van der Waals surface area contributed by atoms with Crippen molar-refractivity contribution in [3.63, 3.8) is 0 Å². The summed E-state index contributed by atoms with van der Waals surface area (Å²) in [7, 11) is 0. The second-order valence-corrected chi connectivity index (χ2v) is 6.77. The van der Waals surface area contributed by atoms with Crippen molar-refractivity contribution >= 4 is 0 Å². The summed E-state index contributed by atoms with van der Waals surface area (Å²) in [5.41, 5.74) is 0.746. The highest BCUT2D eigenvalue weighted by Gasteiger charge is 2.43. The van der Waals surface area contributed by atoms with Crippen LogP contribution in [0.1, 0.15) is 58.3 Å². The third-order valence-electron chi connectivity index (χ3n) is 4.85. The zero-order valence-corrected chi connectivity index (χ0v) is 11.4. The number of likely N-dealkylation sites (tertiary alicyclic amines) is 1. The predicted octanol–water partition coefficient (Wildman–Crippen LogP) is 2.78. The van der Waals surface area contributed by atoms with Crippen LogP contribution in [0.3, 0.4) is 0 Å². The molecule has 3 rings (SSSR count). The second-order valence-electron chi connectivity index (χ2n) is 6.77. The molecule has 0 spiro atoms. The van der Waals surface area contributed by atoms with Crippen molar-refractivity contribution < 1.29 is 0 Å². The molecule has 1 aliphatic heterocycles. The highest BCUT2D eigenvalue weighted by atomic mass is 15.2. The molecular formula is C15H28N2. The highest BCUT2D eigenvalue weighted by molar-refractivity contribution is 4.97. The molecule has 1 saturated heterocycles. The van der Waals surface area contributed by atoms with Gasteiger partial charge in [-0.3, -0.25) is 0 Å². The lowest BCUT2D eigenvalue weighted by molar-refractivity contribution is 0.153. The largest absolute Gasteiger partial charge is 0.310 e. The average molecular weight is 236 g/mol. The van der Waals surface area contributed by atoms with Gasteiger partial charge >= 0.3 is 0 Å². The van der Waals surface area contributed by atoms with E-state index in [0.29, 0.717) is 0 Å². The van der Waals surface area contributed by atoms with Crippen molar-refractivity contribution in [2.75, 3.05) is 19.6 Å². The van der Waals surface area contributed by atoms with E-state index in [1.807, 2.05) is 0 Å². The minimum absolute atomic E-state index is 0.746. The average Bonchev–Trinajstić information content (AvgIpc) is 3.19. The van der Waals surface area contributed by atoms with E-state index in [1.165, 1.54) is 71.0 Å². The fourth-order valence-corrected chi connectivity index (χ4v) is 3.59. The molecule has 0 bridgehead atoms. The second kappa shape index (κ2) is 4.89. The van der Waals surface area contributed by atoms with Crippen LogP contribution in [-0.2, 0) is 0 Å². The van der Waals surface area contributed by atoms with Crippen LogP contribution in [-0.4, -0.2) is 36.6 Å². The molecule has 1 atom stereocenters. The molecule has 0 aromatic rings. The molecule has 2 nitrogen and oxygen atoms in total. The molecule has 1 N–H and O–H groups in total. The van der Waals surface area contributed by atoms with Crippen molar-refractivity contribution in [1.82, 2.24) is 10.2 Å². The summed E-state index contributed by atoms with van der Waals surface area (Å²) in [6, 6.07) is 1.68. The van der Waals surface area contributed by atoms with Crippen LogP contribution in [0.4, 0.5) is 0 Å². The minimum Gasteiger partial charge on any atom is -0.310 e. The predicted molar refractivity (Wildman–Crippen MR) is 72.2 cm³/mol. The van der Waals surface area contributed by atoms with Gasteiger partial charge in [-0.1, -0.05) is 13.3 Å². The van der Waals surface area contributed by atoms with E-state index < -0.39 is 0 Å². The molecule has 0 amide bonds. The summed E-state index contributed by atoms with van der Waals surface area (Å²) in [6.45, 7) is 6.41. The van der Waals surface area contributed by atoms with Crippen LogP contribution in [0.2, 0.25) is 0 Å². The first-order valence-corrected chi connectivity index (χ1v) is 7.78. The normalized spacial score (nSPS) is 32.6. The number of rotatable bonds is 6. The molecule has 3 fully saturated rings. The van der Waals surface area contributed by atoms with Gasteiger partial charge in [-0.2, -0.15) is 0 Å². The number of hydrogen-bond donors (Lipinski definition) is 1. The molecule has 0 aromatic carbocycles. The van der Waals surface area contributed by atoms with Gasteiger partial charge in [0.05, 0.1) is 0 Å². The molecule has 0 radical (unpaired) electrons. The number of piperidine rings is 1. The molecule has 0 aromatic heterocycles. The lowest BCUT2D eigenvalue weighted by atomic mass is 9.97. The Bertz CT molecular complexity index is 256.